The molecule has 112 valence electrons. The molecule has 0 aromatic heterocycles. The van der Waals surface area contributed by atoms with E-state index in [1.165, 1.54) is 12.1 Å². The third-order valence-corrected chi connectivity index (χ3v) is 5.46. The first-order chi connectivity index (χ1) is 9.31. The van der Waals surface area contributed by atoms with Crippen molar-refractivity contribution in [1.82, 2.24) is 9.84 Å². The highest BCUT2D eigenvalue weighted by Gasteiger charge is 2.30. The van der Waals surface area contributed by atoms with E-state index in [0.717, 1.165) is 25.3 Å². The lowest BCUT2D eigenvalue weighted by molar-refractivity contribution is 0.0789. The molecule has 2 unspecified atom stereocenters. The first-order valence-corrected chi connectivity index (χ1v) is 8.84. The molecule has 1 N–H and O–H groups in total. The maximum Gasteiger partial charge on any atom is 0.256 e. The number of hydrogen-bond acceptors (Lipinski definition) is 3. The van der Waals surface area contributed by atoms with Crippen LogP contribution < -0.4 is 4.83 Å². The van der Waals surface area contributed by atoms with Crippen molar-refractivity contribution in [2.24, 2.45) is 0 Å². The summed E-state index contributed by atoms with van der Waals surface area (Å²) in [4.78, 5) is 2.19. The number of benzene rings is 1. The smallest absolute Gasteiger partial charge is 0.225 e. The maximum atomic E-state index is 13.8. The highest BCUT2D eigenvalue weighted by Crippen LogP contribution is 2.24. The Kier molecular flexibility index (Phi) is 4.84. The SMILES string of the molecule is CC1CCCC(C)N1NS(=O)(=O)c1ccc(Br)cc1F. The number of rotatable bonds is 3. The van der Waals surface area contributed by atoms with Gasteiger partial charge in [0.15, 0.2) is 0 Å². The lowest BCUT2D eigenvalue weighted by Gasteiger charge is -2.38. The van der Waals surface area contributed by atoms with Gasteiger partial charge < -0.3 is 0 Å². The van der Waals surface area contributed by atoms with Gasteiger partial charge in [-0.2, -0.15) is 0 Å². The number of nitrogens with one attached hydrogen (secondary N) is 1. The molecule has 1 aromatic carbocycles. The first-order valence-electron chi connectivity index (χ1n) is 6.57. The third-order valence-electron chi connectivity index (χ3n) is 3.60. The molecule has 2 rings (SSSR count). The van der Waals surface area contributed by atoms with Crippen molar-refractivity contribution < 1.29 is 12.8 Å². The molecule has 0 bridgehead atoms. The predicted octanol–water partition coefficient (Wildman–Crippen LogP) is 3.04. The van der Waals surface area contributed by atoms with Gasteiger partial charge in [0.05, 0.1) is 0 Å². The van der Waals surface area contributed by atoms with E-state index >= 15 is 0 Å². The van der Waals surface area contributed by atoms with E-state index < -0.39 is 15.8 Å². The van der Waals surface area contributed by atoms with E-state index in [9.17, 15) is 12.8 Å². The Morgan fingerprint density at radius 2 is 1.90 bits per heavy atom. The molecule has 1 saturated heterocycles. The molecule has 1 aliphatic heterocycles. The molecule has 1 aliphatic rings. The second-order valence-corrected chi connectivity index (χ2v) is 7.75. The average Bonchev–Trinajstić information content (AvgIpc) is 2.33. The monoisotopic (exact) mass is 364 g/mol. The van der Waals surface area contributed by atoms with Gasteiger partial charge in [0.1, 0.15) is 10.7 Å². The van der Waals surface area contributed by atoms with Gasteiger partial charge in [0, 0.05) is 16.6 Å². The normalized spacial score (nSPS) is 24.8. The minimum Gasteiger partial charge on any atom is -0.225 e. The Labute approximate surface area is 127 Å². The summed E-state index contributed by atoms with van der Waals surface area (Å²) in [6, 6.07) is 4.14. The molecule has 7 heteroatoms. The largest absolute Gasteiger partial charge is 0.256 e. The van der Waals surface area contributed by atoms with Crippen LogP contribution in [0.2, 0.25) is 0 Å². The summed E-state index contributed by atoms with van der Waals surface area (Å²) in [7, 11) is -3.89. The van der Waals surface area contributed by atoms with Crippen molar-refractivity contribution in [2.45, 2.75) is 50.1 Å². The lowest BCUT2D eigenvalue weighted by Crippen LogP contribution is -2.54. The van der Waals surface area contributed by atoms with Crippen molar-refractivity contribution in [1.29, 1.82) is 0 Å². The molecule has 0 aliphatic carbocycles. The van der Waals surface area contributed by atoms with Crippen LogP contribution in [0.5, 0.6) is 0 Å². The summed E-state index contributed by atoms with van der Waals surface area (Å²) >= 11 is 3.12. The van der Waals surface area contributed by atoms with Crippen molar-refractivity contribution in [3.8, 4) is 0 Å². The van der Waals surface area contributed by atoms with E-state index in [1.54, 1.807) is 5.01 Å². The topological polar surface area (TPSA) is 49.4 Å². The minimum atomic E-state index is -3.89. The highest BCUT2D eigenvalue weighted by molar-refractivity contribution is 9.10. The van der Waals surface area contributed by atoms with Gasteiger partial charge in [-0.3, -0.25) is 0 Å². The van der Waals surface area contributed by atoms with Gasteiger partial charge in [-0.05, 0) is 44.9 Å². The summed E-state index contributed by atoms with van der Waals surface area (Å²) in [5.74, 6) is -0.760. The molecule has 0 amide bonds. The zero-order valence-corrected chi connectivity index (χ0v) is 13.8. The Bertz CT molecular complexity index is 584. The summed E-state index contributed by atoms with van der Waals surface area (Å²) in [5, 5.41) is 1.71. The number of piperidine rings is 1. The second kappa shape index (κ2) is 6.09. The first kappa shape index (κ1) is 15.9. The van der Waals surface area contributed by atoms with E-state index in [2.05, 4.69) is 20.8 Å². The summed E-state index contributed by atoms with van der Waals surface area (Å²) in [5.41, 5.74) is 0. The van der Waals surface area contributed by atoms with Crippen LogP contribution in [0.15, 0.2) is 27.6 Å². The third kappa shape index (κ3) is 3.39. The number of hydrogen-bond donors (Lipinski definition) is 1. The van der Waals surface area contributed by atoms with Gasteiger partial charge in [-0.25, -0.2) is 17.8 Å². The second-order valence-electron chi connectivity index (χ2n) is 5.21. The van der Waals surface area contributed by atoms with Crippen LogP contribution in [0.1, 0.15) is 33.1 Å². The Hall–Kier alpha value is -0.500. The zero-order chi connectivity index (χ0) is 14.9. The quantitative estimate of drug-likeness (QED) is 0.896. The molecular formula is C13H18BrFN2O2S. The fourth-order valence-electron chi connectivity index (χ4n) is 2.48. The van der Waals surface area contributed by atoms with Crippen LogP contribution >= 0.6 is 15.9 Å². The van der Waals surface area contributed by atoms with Gasteiger partial charge in [-0.1, -0.05) is 22.4 Å². The van der Waals surface area contributed by atoms with Crippen LogP contribution in [0.4, 0.5) is 4.39 Å². The van der Waals surface area contributed by atoms with Crippen LogP contribution in [-0.4, -0.2) is 25.5 Å². The number of sulfonamides is 1. The van der Waals surface area contributed by atoms with Crippen molar-refractivity contribution in [2.75, 3.05) is 0 Å². The highest BCUT2D eigenvalue weighted by atomic mass is 79.9. The fraction of sp³-hybridized carbons (Fsp3) is 0.538. The summed E-state index contributed by atoms with van der Waals surface area (Å²) in [6.45, 7) is 3.94. The molecule has 0 radical (unpaired) electrons. The van der Waals surface area contributed by atoms with E-state index in [1.807, 2.05) is 13.8 Å². The molecular weight excluding hydrogens is 347 g/mol. The number of halogens is 2. The van der Waals surface area contributed by atoms with Gasteiger partial charge in [-0.15, -0.1) is 4.83 Å². The molecule has 0 spiro atoms. The number of hydrazine groups is 1. The van der Waals surface area contributed by atoms with E-state index in [-0.39, 0.29) is 17.0 Å². The summed E-state index contributed by atoms with van der Waals surface area (Å²) in [6.07, 6.45) is 2.93. The fourth-order valence-corrected chi connectivity index (χ4v) is 4.11. The molecule has 1 heterocycles. The van der Waals surface area contributed by atoms with Gasteiger partial charge >= 0.3 is 0 Å². The van der Waals surface area contributed by atoms with Crippen molar-refractivity contribution in [3.05, 3.63) is 28.5 Å². The van der Waals surface area contributed by atoms with Crippen molar-refractivity contribution in [3.63, 3.8) is 0 Å². The average molecular weight is 365 g/mol. The lowest BCUT2D eigenvalue weighted by atomic mass is 10.0. The number of nitrogens with zero attached hydrogens (tertiary/aromatic N) is 1. The maximum absolute atomic E-state index is 13.8. The summed E-state index contributed by atoms with van der Waals surface area (Å²) < 4.78 is 39.0. The van der Waals surface area contributed by atoms with Gasteiger partial charge in [0.2, 0.25) is 0 Å². The van der Waals surface area contributed by atoms with Crippen molar-refractivity contribution >= 4 is 26.0 Å². The van der Waals surface area contributed by atoms with Gasteiger partial charge in [0.25, 0.3) is 10.0 Å². The molecule has 2 atom stereocenters. The predicted molar refractivity (Wildman–Crippen MR) is 79.0 cm³/mol. The Morgan fingerprint density at radius 3 is 2.45 bits per heavy atom. The van der Waals surface area contributed by atoms with Crippen LogP contribution in [0.25, 0.3) is 0 Å². The molecule has 20 heavy (non-hydrogen) atoms. The minimum absolute atomic E-state index is 0.104. The zero-order valence-electron chi connectivity index (χ0n) is 11.4. The van der Waals surface area contributed by atoms with Crippen LogP contribution in [0, 0.1) is 5.82 Å². The van der Waals surface area contributed by atoms with Crippen LogP contribution in [0.3, 0.4) is 0 Å². The van der Waals surface area contributed by atoms with E-state index in [0.29, 0.717) is 4.47 Å². The Balaban J connectivity index is 2.26. The molecule has 1 aromatic rings. The van der Waals surface area contributed by atoms with Crippen LogP contribution in [-0.2, 0) is 10.0 Å². The standard InChI is InChI=1S/C13H18BrFN2O2S/c1-9-4-3-5-10(2)17(9)16-20(18,19)13-7-6-11(14)8-12(13)15/h6-10,16H,3-5H2,1-2H3. The molecule has 0 saturated carbocycles. The molecule has 4 nitrogen and oxygen atoms in total. The van der Waals surface area contributed by atoms with E-state index in [4.69, 9.17) is 0 Å². The Morgan fingerprint density at radius 1 is 1.30 bits per heavy atom. The molecule has 1 fully saturated rings.